The van der Waals surface area contributed by atoms with Crippen molar-refractivity contribution in [2.24, 2.45) is 0 Å². The van der Waals surface area contributed by atoms with Crippen LogP contribution in [0.5, 0.6) is 5.75 Å². The van der Waals surface area contributed by atoms with Crippen LogP contribution in [0.2, 0.25) is 0 Å². The molecular weight excluding hydrogens is 258 g/mol. The van der Waals surface area contributed by atoms with Crippen molar-refractivity contribution in [2.45, 2.75) is 13.8 Å². The lowest BCUT2D eigenvalue weighted by Gasteiger charge is -2.14. The summed E-state index contributed by atoms with van der Waals surface area (Å²) in [5.74, 6) is -0.368. The zero-order valence-corrected chi connectivity index (χ0v) is 11.5. The summed E-state index contributed by atoms with van der Waals surface area (Å²) in [6.45, 7) is 3.25. The molecule has 0 saturated heterocycles. The molecule has 2 aromatic rings. The van der Waals surface area contributed by atoms with Gasteiger partial charge in [-0.25, -0.2) is 4.79 Å². The van der Waals surface area contributed by atoms with Crippen molar-refractivity contribution >= 4 is 5.97 Å². The first-order chi connectivity index (χ1) is 9.45. The molecule has 1 aromatic heterocycles. The average Bonchev–Trinajstić information content (AvgIpc) is 2.38. The van der Waals surface area contributed by atoms with E-state index in [4.69, 9.17) is 4.74 Å². The van der Waals surface area contributed by atoms with E-state index in [0.29, 0.717) is 22.7 Å². The fraction of sp³-hybridized carbons (Fsp3) is 0.200. The second kappa shape index (κ2) is 5.21. The predicted molar refractivity (Wildman–Crippen MR) is 75.0 cm³/mol. The van der Waals surface area contributed by atoms with Crippen LogP contribution in [0.4, 0.5) is 0 Å². The van der Waals surface area contributed by atoms with Crippen LogP contribution in [0.3, 0.4) is 0 Å². The molecule has 0 bridgehead atoms. The lowest BCUT2D eigenvalue weighted by Crippen LogP contribution is -2.24. The van der Waals surface area contributed by atoms with Crippen molar-refractivity contribution in [3.8, 4) is 11.4 Å². The van der Waals surface area contributed by atoms with Gasteiger partial charge in [0.25, 0.3) is 5.56 Å². The number of carboxylic acids is 1. The molecule has 0 unspecified atom stereocenters. The zero-order valence-electron chi connectivity index (χ0n) is 11.5. The molecule has 5 heteroatoms. The molecule has 0 spiro atoms. The van der Waals surface area contributed by atoms with Gasteiger partial charge in [0, 0.05) is 17.4 Å². The second-order valence-electron chi connectivity index (χ2n) is 4.46. The molecule has 0 fully saturated rings. The van der Waals surface area contributed by atoms with E-state index >= 15 is 0 Å². The standard InChI is InChI=1S/C15H15NO4/c1-9-8-13(17)16(10(2)14(9)15(18)19)11-4-6-12(20-3)7-5-11/h4-8H,1-3H3,(H,18,19). The Morgan fingerprint density at radius 3 is 2.30 bits per heavy atom. The normalized spacial score (nSPS) is 10.3. The summed E-state index contributed by atoms with van der Waals surface area (Å²) in [6.07, 6.45) is 0. The highest BCUT2D eigenvalue weighted by atomic mass is 16.5. The van der Waals surface area contributed by atoms with Gasteiger partial charge in [-0.1, -0.05) is 0 Å². The summed E-state index contributed by atoms with van der Waals surface area (Å²) in [4.78, 5) is 23.4. The summed E-state index contributed by atoms with van der Waals surface area (Å²) < 4.78 is 6.45. The molecule has 20 heavy (non-hydrogen) atoms. The Labute approximate surface area is 116 Å². The highest BCUT2D eigenvalue weighted by Gasteiger charge is 2.16. The van der Waals surface area contributed by atoms with E-state index in [1.54, 1.807) is 45.2 Å². The molecular formula is C15H15NO4. The Balaban J connectivity index is 2.70. The topological polar surface area (TPSA) is 68.5 Å². The van der Waals surface area contributed by atoms with Crippen molar-refractivity contribution in [2.75, 3.05) is 7.11 Å². The van der Waals surface area contributed by atoms with Gasteiger partial charge in [-0.2, -0.15) is 0 Å². The predicted octanol–water partition coefficient (Wildman–Crippen LogP) is 2.16. The average molecular weight is 273 g/mol. The molecule has 5 nitrogen and oxygen atoms in total. The van der Waals surface area contributed by atoms with Crippen molar-refractivity contribution < 1.29 is 14.6 Å². The number of aryl methyl sites for hydroxylation is 1. The molecule has 1 heterocycles. The maximum absolute atomic E-state index is 12.1. The maximum atomic E-state index is 12.1. The Morgan fingerprint density at radius 2 is 1.80 bits per heavy atom. The van der Waals surface area contributed by atoms with Crippen molar-refractivity contribution in [3.63, 3.8) is 0 Å². The molecule has 0 radical (unpaired) electrons. The van der Waals surface area contributed by atoms with Crippen LogP contribution in [0.25, 0.3) is 5.69 Å². The van der Waals surface area contributed by atoms with Gasteiger partial charge in [-0.15, -0.1) is 0 Å². The van der Waals surface area contributed by atoms with Gasteiger partial charge in [0.05, 0.1) is 12.7 Å². The van der Waals surface area contributed by atoms with Crippen LogP contribution in [0.15, 0.2) is 35.1 Å². The van der Waals surface area contributed by atoms with E-state index in [1.165, 1.54) is 10.6 Å². The molecule has 0 amide bonds. The minimum absolute atomic E-state index is 0.153. The smallest absolute Gasteiger partial charge is 0.337 e. The number of pyridine rings is 1. The monoisotopic (exact) mass is 273 g/mol. The largest absolute Gasteiger partial charge is 0.497 e. The number of methoxy groups -OCH3 is 1. The van der Waals surface area contributed by atoms with E-state index in [-0.39, 0.29) is 11.1 Å². The lowest BCUT2D eigenvalue weighted by atomic mass is 10.1. The lowest BCUT2D eigenvalue weighted by molar-refractivity contribution is 0.0694. The Bertz CT molecular complexity index is 714. The molecule has 0 aliphatic carbocycles. The minimum atomic E-state index is -1.04. The number of carbonyl (C=O) groups is 1. The van der Waals surface area contributed by atoms with Gasteiger partial charge in [0.15, 0.2) is 0 Å². The third-order valence-corrected chi connectivity index (χ3v) is 3.20. The Kier molecular flexibility index (Phi) is 3.61. The number of benzene rings is 1. The van der Waals surface area contributed by atoms with Gasteiger partial charge in [-0.05, 0) is 43.7 Å². The molecule has 2 rings (SSSR count). The van der Waals surface area contributed by atoms with Crippen LogP contribution >= 0.6 is 0 Å². The SMILES string of the molecule is COc1ccc(-n2c(C)c(C(=O)O)c(C)cc2=O)cc1. The summed E-state index contributed by atoms with van der Waals surface area (Å²) in [6, 6.07) is 8.21. The van der Waals surface area contributed by atoms with E-state index in [0.717, 1.165) is 0 Å². The number of aromatic nitrogens is 1. The first kappa shape index (κ1) is 13.9. The van der Waals surface area contributed by atoms with E-state index in [2.05, 4.69) is 0 Å². The number of nitrogens with zero attached hydrogens (tertiary/aromatic N) is 1. The van der Waals surface area contributed by atoms with Crippen LogP contribution in [-0.4, -0.2) is 22.8 Å². The first-order valence-corrected chi connectivity index (χ1v) is 6.06. The zero-order chi connectivity index (χ0) is 14.9. The van der Waals surface area contributed by atoms with Gasteiger partial charge in [0.2, 0.25) is 0 Å². The minimum Gasteiger partial charge on any atom is -0.497 e. The summed E-state index contributed by atoms with van der Waals surface area (Å²) in [5, 5.41) is 9.26. The van der Waals surface area contributed by atoms with Crippen LogP contribution in [0, 0.1) is 13.8 Å². The highest BCUT2D eigenvalue weighted by molar-refractivity contribution is 5.90. The molecule has 1 N–H and O–H groups in total. The molecule has 104 valence electrons. The second-order valence-corrected chi connectivity index (χ2v) is 4.46. The highest BCUT2D eigenvalue weighted by Crippen LogP contribution is 2.18. The van der Waals surface area contributed by atoms with Crippen molar-refractivity contribution in [1.82, 2.24) is 4.57 Å². The summed E-state index contributed by atoms with van der Waals surface area (Å²) in [7, 11) is 1.56. The first-order valence-electron chi connectivity index (χ1n) is 6.06. The van der Waals surface area contributed by atoms with E-state index < -0.39 is 5.97 Å². The summed E-state index contributed by atoms with van der Waals surface area (Å²) in [5.41, 5.74) is 1.38. The van der Waals surface area contributed by atoms with E-state index in [9.17, 15) is 14.7 Å². The number of hydrogen-bond donors (Lipinski definition) is 1. The molecule has 0 aliphatic rings. The molecule has 0 aliphatic heterocycles. The number of hydrogen-bond acceptors (Lipinski definition) is 3. The maximum Gasteiger partial charge on any atom is 0.337 e. The number of aromatic carboxylic acids is 1. The van der Waals surface area contributed by atoms with Crippen molar-refractivity contribution in [3.05, 3.63) is 57.5 Å². The third kappa shape index (κ3) is 2.30. The van der Waals surface area contributed by atoms with Crippen LogP contribution < -0.4 is 10.3 Å². The van der Waals surface area contributed by atoms with Gasteiger partial charge < -0.3 is 9.84 Å². The van der Waals surface area contributed by atoms with Crippen LogP contribution in [0.1, 0.15) is 21.6 Å². The number of rotatable bonds is 3. The van der Waals surface area contributed by atoms with Gasteiger partial charge >= 0.3 is 5.97 Å². The van der Waals surface area contributed by atoms with Crippen LogP contribution in [-0.2, 0) is 0 Å². The van der Waals surface area contributed by atoms with E-state index in [1.807, 2.05) is 0 Å². The summed E-state index contributed by atoms with van der Waals surface area (Å²) >= 11 is 0. The third-order valence-electron chi connectivity index (χ3n) is 3.20. The fourth-order valence-corrected chi connectivity index (χ4v) is 2.26. The van der Waals surface area contributed by atoms with Gasteiger partial charge in [0.1, 0.15) is 5.75 Å². The number of ether oxygens (including phenoxy) is 1. The number of carboxylic acid groups (broad SMARTS) is 1. The van der Waals surface area contributed by atoms with Crippen molar-refractivity contribution in [1.29, 1.82) is 0 Å². The Hall–Kier alpha value is -2.56. The molecule has 0 saturated carbocycles. The fourth-order valence-electron chi connectivity index (χ4n) is 2.26. The Morgan fingerprint density at radius 1 is 1.20 bits per heavy atom. The molecule has 1 aromatic carbocycles. The quantitative estimate of drug-likeness (QED) is 0.930. The van der Waals surface area contributed by atoms with Gasteiger partial charge in [-0.3, -0.25) is 9.36 Å². The molecule has 0 atom stereocenters.